The van der Waals surface area contributed by atoms with E-state index < -0.39 is 11.7 Å². The molecule has 1 N–H and O–H groups in total. The molecule has 0 fully saturated rings. The molecular formula is C21H20F3N3. The third kappa shape index (κ3) is 3.60. The molecule has 1 heterocycles. The number of halogens is 3. The number of rotatable bonds is 6. The molecule has 0 atom stereocenters. The van der Waals surface area contributed by atoms with E-state index in [4.69, 9.17) is 5.53 Å². The summed E-state index contributed by atoms with van der Waals surface area (Å²) in [4.78, 5) is 4.23. The van der Waals surface area contributed by atoms with Gasteiger partial charge in [0.2, 0.25) is 0 Å². The second-order valence-corrected chi connectivity index (χ2v) is 6.45. The molecule has 0 aliphatic carbocycles. The second-order valence-electron chi connectivity index (χ2n) is 6.45. The van der Waals surface area contributed by atoms with Crippen LogP contribution in [-0.2, 0) is 5.92 Å². The van der Waals surface area contributed by atoms with Crippen LogP contribution in [0, 0.1) is 11.3 Å². The first kappa shape index (κ1) is 20.3. The average Bonchev–Trinajstić information content (AvgIpc) is 2.60. The fourth-order valence-electron chi connectivity index (χ4n) is 2.65. The lowest BCUT2D eigenvalue weighted by atomic mass is 9.96. The van der Waals surface area contributed by atoms with E-state index >= 15 is 4.39 Å². The number of alkyl halides is 2. The number of hydrogen-bond acceptors (Lipinski definition) is 3. The molecule has 0 saturated carbocycles. The smallest absolute Gasteiger partial charge is 0.243 e. The molecule has 1 aromatic carbocycles. The minimum absolute atomic E-state index is 0.0136. The standard InChI is InChI=1S/C21H20F3N3/c1-11(2)16-17(22)19(26-18(12(3)4)20(16)27-25)14-8-7-9-15(10-14)21(23,24)13(5)6/h7-10,25H,1,3,5H2,2,4,6H3. The zero-order valence-electron chi connectivity index (χ0n) is 15.5. The molecule has 140 valence electrons. The van der Waals surface area contributed by atoms with E-state index in [0.29, 0.717) is 11.1 Å². The Balaban J connectivity index is 2.84. The number of pyridine rings is 1. The van der Waals surface area contributed by atoms with Crippen LogP contribution in [0.15, 0.2) is 54.7 Å². The van der Waals surface area contributed by atoms with Crippen LogP contribution >= 0.6 is 0 Å². The quantitative estimate of drug-likeness (QED) is 0.421. The fourth-order valence-corrected chi connectivity index (χ4v) is 2.65. The van der Waals surface area contributed by atoms with Crippen LogP contribution in [0.1, 0.15) is 37.6 Å². The van der Waals surface area contributed by atoms with Crippen molar-refractivity contribution in [1.82, 2.24) is 4.98 Å². The van der Waals surface area contributed by atoms with Crippen molar-refractivity contribution in [2.24, 2.45) is 5.11 Å². The van der Waals surface area contributed by atoms with Gasteiger partial charge in [0.1, 0.15) is 11.4 Å². The summed E-state index contributed by atoms with van der Waals surface area (Å²) >= 11 is 0. The van der Waals surface area contributed by atoms with Crippen molar-refractivity contribution >= 4 is 16.8 Å². The van der Waals surface area contributed by atoms with E-state index in [1.54, 1.807) is 13.8 Å². The van der Waals surface area contributed by atoms with Crippen LogP contribution in [0.3, 0.4) is 0 Å². The molecule has 0 amide bonds. The Morgan fingerprint density at radius 3 is 2.22 bits per heavy atom. The zero-order chi connectivity index (χ0) is 20.5. The Bertz CT molecular complexity index is 975. The van der Waals surface area contributed by atoms with Gasteiger partial charge in [0.05, 0.1) is 5.69 Å². The van der Waals surface area contributed by atoms with E-state index in [1.165, 1.54) is 31.2 Å². The highest BCUT2D eigenvalue weighted by Gasteiger charge is 2.33. The molecule has 2 aromatic rings. The largest absolute Gasteiger partial charge is 0.294 e. The zero-order valence-corrected chi connectivity index (χ0v) is 15.5. The maximum absolute atomic E-state index is 15.2. The Kier molecular flexibility index (Phi) is 5.49. The van der Waals surface area contributed by atoms with Crippen molar-refractivity contribution in [1.29, 1.82) is 5.53 Å². The number of allylic oxidation sites excluding steroid dienone is 3. The molecule has 0 aliphatic heterocycles. The van der Waals surface area contributed by atoms with Crippen molar-refractivity contribution in [2.45, 2.75) is 26.7 Å². The molecule has 3 nitrogen and oxygen atoms in total. The first-order chi connectivity index (χ1) is 12.5. The molecule has 0 radical (unpaired) electrons. The average molecular weight is 371 g/mol. The first-order valence-corrected chi connectivity index (χ1v) is 8.09. The van der Waals surface area contributed by atoms with Gasteiger partial charge in [0, 0.05) is 16.7 Å². The van der Waals surface area contributed by atoms with Gasteiger partial charge in [0.25, 0.3) is 5.92 Å². The Labute approximate surface area is 156 Å². The van der Waals surface area contributed by atoms with Crippen LogP contribution in [0.2, 0.25) is 0 Å². The summed E-state index contributed by atoms with van der Waals surface area (Å²) in [6.45, 7) is 15.3. The molecule has 0 unspecified atom stereocenters. The molecule has 0 spiro atoms. The van der Waals surface area contributed by atoms with E-state index in [0.717, 1.165) is 0 Å². The number of nitrogens with one attached hydrogen (secondary N) is 1. The summed E-state index contributed by atoms with van der Waals surface area (Å²) in [6, 6.07) is 5.34. The molecule has 0 saturated heterocycles. The Morgan fingerprint density at radius 2 is 1.74 bits per heavy atom. The van der Waals surface area contributed by atoms with Gasteiger partial charge in [-0.05, 0) is 43.6 Å². The van der Waals surface area contributed by atoms with Gasteiger partial charge in [-0.3, -0.25) is 0 Å². The van der Waals surface area contributed by atoms with E-state index in [2.05, 4.69) is 29.8 Å². The summed E-state index contributed by atoms with van der Waals surface area (Å²) in [5.41, 5.74) is 7.85. The summed E-state index contributed by atoms with van der Waals surface area (Å²) < 4.78 is 43.8. The molecule has 6 heteroatoms. The molecule has 27 heavy (non-hydrogen) atoms. The van der Waals surface area contributed by atoms with Gasteiger partial charge >= 0.3 is 0 Å². The maximum atomic E-state index is 15.2. The van der Waals surface area contributed by atoms with Gasteiger partial charge in [-0.25, -0.2) is 14.9 Å². The van der Waals surface area contributed by atoms with Crippen LogP contribution in [-0.4, -0.2) is 4.98 Å². The second kappa shape index (κ2) is 7.31. The predicted molar refractivity (Wildman–Crippen MR) is 103 cm³/mol. The highest BCUT2D eigenvalue weighted by molar-refractivity contribution is 5.84. The summed E-state index contributed by atoms with van der Waals surface area (Å²) in [5.74, 6) is -4.02. The van der Waals surface area contributed by atoms with E-state index in [1.807, 2.05) is 0 Å². The molecule has 0 aliphatic rings. The van der Waals surface area contributed by atoms with Gasteiger partial charge in [0.15, 0.2) is 5.82 Å². The highest BCUT2D eigenvalue weighted by Crippen LogP contribution is 2.40. The SMILES string of the molecule is C=C(C)c1nc(-c2cccc(C(F)(F)C(=C)C)c2)c(F)c(C(=C)C)c1N=N. The lowest BCUT2D eigenvalue weighted by Gasteiger charge is -2.18. The van der Waals surface area contributed by atoms with Crippen LogP contribution in [0.25, 0.3) is 22.4 Å². The van der Waals surface area contributed by atoms with Crippen molar-refractivity contribution in [3.05, 3.63) is 72.2 Å². The third-order valence-corrected chi connectivity index (χ3v) is 4.09. The van der Waals surface area contributed by atoms with Gasteiger partial charge in [-0.15, -0.1) is 0 Å². The predicted octanol–water partition coefficient (Wildman–Crippen LogP) is 7.28. The van der Waals surface area contributed by atoms with Gasteiger partial charge < -0.3 is 0 Å². The number of benzene rings is 1. The lowest BCUT2D eigenvalue weighted by molar-refractivity contribution is 0.0386. The monoisotopic (exact) mass is 371 g/mol. The Morgan fingerprint density at radius 1 is 1.11 bits per heavy atom. The highest BCUT2D eigenvalue weighted by atomic mass is 19.3. The molecule has 0 bridgehead atoms. The van der Waals surface area contributed by atoms with Crippen LogP contribution in [0.5, 0.6) is 0 Å². The maximum Gasteiger partial charge on any atom is 0.294 e. The van der Waals surface area contributed by atoms with Crippen molar-refractivity contribution < 1.29 is 13.2 Å². The van der Waals surface area contributed by atoms with Gasteiger partial charge in [-0.2, -0.15) is 13.9 Å². The molecule has 2 rings (SSSR count). The lowest BCUT2D eigenvalue weighted by Crippen LogP contribution is -2.14. The van der Waals surface area contributed by atoms with Crippen molar-refractivity contribution in [3.8, 4) is 11.3 Å². The van der Waals surface area contributed by atoms with E-state index in [-0.39, 0.29) is 39.3 Å². The van der Waals surface area contributed by atoms with Crippen molar-refractivity contribution in [2.75, 3.05) is 0 Å². The topological polar surface area (TPSA) is 49.1 Å². The number of hydrogen-bond donors (Lipinski definition) is 1. The van der Waals surface area contributed by atoms with Crippen molar-refractivity contribution in [3.63, 3.8) is 0 Å². The third-order valence-electron chi connectivity index (χ3n) is 4.09. The van der Waals surface area contributed by atoms with Gasteiger partial charge in [-0.1, -0.05) is 37.9 Å². The first-order valence-electron chi connectivity index (χ1n) is 8.09. The minimum Gasteiger partial charge on any atom is -0.243 e. The Hall–Kier alpha value is -3.02. The van der Waals surface area contributed by atoms with E-state index in [9.17, 15) is 8.78 Å². The summed E-state index contributed by atoms with van der Waals surface area (Å²) in [5, 5.41) is 3.38. The van der Waals surface area contributed by atoms with Crippen LogP contribution in [0.4, 0.5) is 18.9 Å². The summed E-state index contributed by atoms with van der Waals surface area (Å²) in [7, 11) is 0. The fraction of sp³-hybridized carbons (Fsp3) is 0.190. The molecule has 1 aromatic heterocycles. The number of nitrogens with zero attached hydrogens (tertiary/aromatic N) is 2. The van der Waals surface area contributed by atoms with Crippen LogP contribution < -0.4 is 0 Å². The normalized spacial score (nSPS) is 11.2. The summed E-state index contributed by atoms with van der Waals surface area (Å²) in [6.07, 6.45) is 0. The number of aromatic nitrogens is 1. The molecular weight excluding hydrogens is 351 g/mol. The minimum atomic E-state index is -3.25.